The Bertz CT molecular complexity index is 82.3. The Hall–Kier alpha value is -0.0505. The van der Waals surface area contributed by atoms with Gasteiger partial charge in [0.05, 0.1) is 6.61 Å². The van der Waals surface area contributed by atoms with Crippen molar-refractivity contribution in [2.24, 2.45) is 0 Å². The topological polar surface area (TPSA) is 46.5 Å². The molecule has 4 heteroatoms. The van der Waals surface area contributed by atoms with E-state index in [4.69, 9.17) is 5.11 Å². The maximum Gasteiger partial charge on any atom is 0.334 e. The van der Waals surface area contributed by atoms with Crippen LogP contribution < -0.4 is 0 Å². The van der Waals surface area contributed by atoms with Gasteiger partial charge in [0.25, 0.3) is 0 Å². The largest absolute Gasteiger partial charge is 0.464 e. The molecule has 0 fully saturated rings. The van der Waals surface area contributed by atoms with Crippen molar-refractivity contribution in [3.8, 4) is 0 Å². The summed E-state index contributed by atoms with van der Waals surface area (Å²) in [6.45, 7) is 3.39. The predicted octanol–water partition coefficient (Wildman–Crippen LogP) is -0.0722. The second-order valence-corrected chi connectivity index (χ2v) is 1.43. The summed E-state index contributed by atoms with van der Waals surface area (Å²) in [4.78, 5) is 10.3. The molecule has 0 bridgehead atoms. The van der Waals surface area contributed by atoms with Gasteiger partial charge in [0.15, 0.2) is 0 Å². The molecule has 0 aliphatic heterocycles. The van der Waals surface area contributed by atoms with Gasteiger partial charge in [-0.05, 0) is 13.8 Å². The number of rotatable bonds is 2. The minimum Gasteiger partial charge on any atom is -0.464 e. The van der Waals surface area contributed by atoms with Gasteiger partial charge in [0, 0.05) is 17.1 Å². The van der Waals surface area contributed by atoms with E-state index in [0.29, 0.717) is 6.61 Å². The number of carbonyl (C=O) groups excluding carboxylic acids is 1. The van der Waals surface area contributed by atoms with E-state index in [1.807, 2.05) is 0 Å². The molecule has 0 amide bonds. The van der Waals surface area contributed by atoms with E-state index in [9.17, 15) is 4.79 Å². The van der Waals surface area contributed by atoms with E-state index >= 15 is 0 Å². The predicted molar refractivity (Wildman–Crippen MR) is 28.3 cm³/mol. The molecule has 1 radical (unpaired) electrons. The van der Waals surface area contributed by atoms with Gasteiger partial charge in [-0.15, -0.1) is 0 Å². The molecular formula is C5H10CuO3. The quantitative estimate of drug-likeness (QED) is 0.479. The van der Waals surface area contributed by atoms with Crippen molar-refractivity contribution < 1.29 is 31.7 Å². The molecule has 0 spiro atoms. The molecule has 0 aromatic carbocycles. The Morgan fingerprint density at radius 2 is 2.22 bits per heavy atom. The van der Waals surface area contributed by atoms with E-state index in [2.05, 4.69) is 4.74 Å². The van der Waals surface area contributed by atoms with E-state index in [1.54, 1.807) is 6.92 Å². The zero-order valence-corrected chi connectivity index (χ0v) is 6.29. The van der Waals surface area contributed by atoms with Crippen LogP contribution in [0.3, 0.4) is 0 Å². The van der Waals surface area contributed by atoms with Crippen LogP contribution in [0, 0.1) is 0 Å². The van der Waals surface area contributed by atoms with Crippen LogP contribution in [-0.4, -0.2) is 23.8 Å². The third-order valence-corrected chi connectivity index (χ3v) is 0.628. The van der Waals surface area contributed by atoms with Crippen LogP contribution in [0.15, 0.2) is 0 Å². The van der Waals surface area contributed by atoms with Crippen LogP contribution in [0.25, 0.3) is 0 Å². The molecular weight excluding hydrogens is 172 g/mol. The van der Waals surface area contributed by atoms with Gasteiger partial charge in [-0.25, -0.2) is 4.79 Å². The van der Waals surface area contributed by atoms with Gasteiger partial charge in [0.1, 0.15) is 6.10 Å². The third kappa shape index (κ3) is 5.83. The van der Waals surface area contributed by atoms with Crippen LogP contribution in [-0.2, 0) is 26.6 Å². The molecule has 1 unspecified atom stereocenters. The van der Waals surface area contributed by atoms with Crippen molar-refractivity contribution in [3.05, 3.63) is 0 Å². The van der Waals surface area contributed by atoms with Gasteiger partial charge in [-0.3, -0.25) is 0 Å². The van der Waals surface area contributed by atoms with Gasteiger partial charge in [0.2, 0.25) is 0 Å². The summed E-state index contributed by atoms with van der Waals surface area (Å²) in [6.07, 6.45) is -0.991. The minimum atomic E-state index is -0.991. The van der Waals surface area contributed by atoms with Crippen molar-refractivity contribution in [1.82, 2.24) is 0 Å². The first kappa shape index (κ1) is 11.7. The SMILES string of the molecule is CCOC(=O)C(C)O.[Cu]. The molecule has 0 aromatic heterocycles. The Morgan fingerprint density at radius 1 is 1.78 bits per heavy atom. The molecule has 0 aliphatic carbocycles. The van der Waals surface area contributed by atoms with Crippen LogP contribution in [0.4, 0.5) is 0 Å². The molecule has 0 aliphatic rings. The maximum atomic E-state index is 10.3. The summed E-state index contributed by atoms with van der Waals surface area (Å²) < 4.78 is 4.41. The molecule has 9 heavy (non-hydrogen) atoms. The average molecular weight is 182 g/mol. The van der Waals surface area contributed by atoms with Gasteiger partial charge in [-0.1, -0.05) is 0 Å². The number of hydrogen-bond donors (Lipinski definition) is 1. The molecule has 0 rings (SSSR count). The molecule has 0 aromatic rings. The van der Waals surface area contributed by atoms with Gasteiger partial charge >= 0.3 is 5.97 Å². The monoisotopic (exact) mass is 181 g/mol. The molecule has 1 N–H and O–H groups in total. The van der Waals surface area contributed by atoms with Gasteiger partial charge in [-0.2, -0.15) is 0 Å². The van der Waals surface area contributed by atoms with Crippen molar-refractivity contribution in [2.75, 3.05) is 6.61 Å². The fourth-order valence-corrected chi connectivity index (χ4v) is 0.263. The number of esters is 1. The molecule has 3 nitrogen and oxygen atoms in total. The maximum absolute atomic E-state index is 10.3. The first-order valence-corrected chi connectivity index (χ1v) is 2.53. The minimum absolute atomic E-state index is 0. The standard InChI is InChI=1S/C5H10O3.Cu/c1-3-8-5(7)4(2)6;/h4,6H,3H2,1-2H3;. The Kier molecular flexibility index (Phi) is 7.90. The van der Waals surface area contributed by atoms with Crippen LogP contribution in [0.2, 0.25) is 0 Å². The van der Waals surface area contributed by atoms with Crippen LogP contribution in [0.5, 0.6) is 0 Å². The summed E-state index contributed by atoms with van der Waals surface area (Å²) in [5, 5.41) is 8.48. The molecule has 1 atom stereocenters. The Labute approximate surface area is 64.9 Å². The summed E-state index contributed by atoms with van der Waals surface area (Å²) in [5.41, 5.74) is 0. The molecule has 0 saturated carbocycles. The van der Waals surface area contributed by atoms with Crippen molar-refractivity contribution >= 4 is 5.97 Å². The van der Waals surface area contributed by atoms with Crippen molar-refractivity contribution in [3.63, 3.8) is 0 Å². The summed E-state index contributed by atoms with van der Waals surface area (Å²) in [7, 11) is 0. The second kappa shape index (κ2) is 6.08. The smallest absolute Gasteiger partial charge is 0.334 e. The van der Waals surface area contributed by atoms with Gasteiger partial charge < -0.3 is 9.84 Å². The zero-order chi connectivity index (χ0) is 6.57. The number of aliphatic hydroxyl groups excluding tert-OH is 1. The van der Waals surface area contributed by atoms with E-state index in [0.717, 1.165) is 0 Å². The fourth-order valence-electron chi connectivity index (χ4n) is 0.263. The summed E-state index contributed by atoms with van der Waals surface area (Å²) in [5.74, 6) is -0.562. The van der Waals surface area contributed by atoms with Crippen LogP contribution >= 0.6 is 0 Å². The van der Waals surface area contributed by atoms with E-state index < -0.39 is 12.1 Å². The summed E-state index contributed by atoms with van der Waals surface area (Å²) in [6, 6.07) is 0. The molecule has 59 valence electrons. The molecule has 0 saturated heterocycles. The number of hydrogen-bond acceptors (Lipinski definition) is 3. The zero-order valence-electron chi connectivity index (χ0n) is 5.35. The molecule has 0 heterocycles. The van der Waals surface area contributed by atoms with E-state index in [1.165, 1.54) is 6.92 Å². The van der Waals surface area contributed by atoms with Crippen LogP contribution in [0.1, 0.15) is 13.8 Å². The normalized spacial score (nSPS) is 11.4. The third-order valence-electron chi connectivity index (χ3n) is 0.628. The van der Waals surface area contributed by atoms with E-state index in [-0.39, 0.29) is 17.1 Å². The number of carbonyl (C=O) groups is 1. The first-order valence-electron chi connectivity index (χ1n) is 2.53. The summed E-state index contributed by atoms with van der Waals surface area (Å²) >= 11 is 0. The van der Waals surface area contributed by atoms with Crippen molar-refractivity contribution in [1.29, 1.82) is 0 Å². The Morgan fingerprint density at radius 3 is 2.33 bits per heavy atom. The first-order chi connectivity index (χ1) is 3.68. The number of aliphatic hydroxyl groups is 1. The fraction of sp³-hybridized carbons (Fsp3) is 0.800. The second-order valence-electron chi connectivity index (χ2n) is 1.43. The Balaban J connectivity index is 0. The number of ether oxygens (including phenoxy) is 1. The van der Waals surface area contributed by atoms with Crippen molar-refractivity contribution in [2.45, 2.75) is 20.0 Å². The average Bonchev–Trinajstić information content (AvgIpc) is 1.67.